The summed E-state index contributed by atoms with van der Waals surface area (Å²) in [6.45, 7) is 10.7. The lowest BCUT2D eigenvalue weighted by Crippen LogP contribution is -2.54. The summed E-state index contributed by atoms with van der Waals surface area (Å²) in [4.78, 5) is 13.1. The van der Waals surface area contributed by atoms with E-state index in [0.717, 1.165) is 0 Å². The molecule has 0 aliphatic carbocycles. The Labute approximate surface area is 74.1 Å². The number of nitrogens with zero attached hydrogens (tertiary/aromatic N) is 1. The zero-order valence-corrected chi connectivity index (χ0v) is 8.56. The van der Waals surface area contributed by atoms with Gasteiger partial charge in [-0.1, -0.05) is 0 Å². The lowest BCUT2D eigenvalue weighted by molar-refractivity contribution is -0.132. The fourth-order valence-corrected chi connectivity index (χ4v) is 1.53. The first kappa shape index (κ1) is 9.52. The third kappa shape index (κ3) is 1.12. The van der Waals surface area contributed by atoms with Crippen LogP contribution in [-0.4, -0.2) is 28.6 Å². The molecule has 3 nitrogen and oxygen atoms in total. The Morgan fingerprint density at radius 1 is 1.33 bits per heavy atom. The molecule has 1 rings (SSSR count). The SMILES string of the molecule is CC(=O)N1CNC(C)(C)C1(C)C. The minimum atomic E-state index is -0.0984. The monoisotopic (exact) mass is 170 g/mol. The van der Waals surface area contributed by atoms with Crippen LogP contribution < -0.4 is 5.32 Å². The van der Waals surface area contributed by atoms with Gasteiger partial charge in [0.1, 0.15) is 0 Å². The standard InChI is InChI=1S/C9H18N2O/c1-7(12)11-6-10-8(2,3)9(11,4)5/h10H,6H2,1-5H3. The molecule has 0 unspecified atom stereocenters. The smallest absolute Gasteiger partial charge is 0.220 e. The van der Waals surface area contributed by atoms with E-state index >= 15 is 0 Å². The largest absolute Gasteiger partial charge is 0.323 e. The van der Waals surface area contributed by atoms with Gasteiger partial charge in [0.2, 0.25) is 5.91 Å². The highest BCUT2D eigenvalue weighted by atomic mass is 16.2. The average molecular weight is 170 g/mol. The van der Waals surface area contributed by atoms with Crippen LogP contribution in [0.25, 0.3) is 0 Å². The lowest BCUT2D eigenvalue weighted by Gasteiger charge is -2.39. The van der Waals surface area contributed by atoms with Crippen molar-refractivity contribution in [1.82, 2.24) is 10.2 Å². The number of hydrogen-bond donors (Lipinski definition) is 1. The molecule has 1 fully saturated rings. The highest BCUT2D eigenvalue weighted by Gasteiger charge is 2.47. The van der Waals surface area contributed by atoms with E-state index in [1.54, 1.807) is 6.92 Å². The van der Waals surface area contributed by atoms with Crippen LogP contribution in [0.2, 0.25) is 0 Å². The molecule has 0 atom stereocenters. The lowest BCUT2D eigenvalue weighted by atomic mass is 9.83. The molecule has 0 radical (unpaired) electrons. The number of carbonyl (C=O) groups is 1. The van der Waals surface area contributed by atoms with Crippen molar-refractivity contribution >= 4 is 5.91 Å². The van der Waals surface area contributed by atoms with E-state index in [9.17, 15) is 4.79 Å². The molecule has 1 N–H and O–H groups in total. The number of rotatable bonds is 0. The number of hydrogen-bond acceptors (Lipinski definition) is 2. The normalized spacial score (nSPS) is 25.9. The van der Waals surface area contributed by atoms with Gasteiger partial charge in [0.05, 0.1) is 12.2 Å². The van der Waals surface area contributed by atoms with Gasteiger partial charge < -0.3 is 4.90 Å². The maximum Gasteiger partial charge on any atom is 0.220 e. The Kier molecular flexibility index (Phi) is 1.95. The summed E-state index contributed by atoms with van der Waals surface area (Å²) in [5.74, 6) is 0.137. The molecule has 1 aliphatic heterocycles. The zero-order chi connectivity index (χ0) is 9.57. The summed E-state index contributed by atoms with van der Waals surface area (Å²) in [6, 6.07) is 0. The second-order valence-corrected chi connectivity index (χ2v) is 4.47. The van der Waals surface area contributed by atoms with Gasteiger partial charge in [-0.05, 0) is 27.7 Å². The molecule has 12 heavy (non-hydrogen) atoms. The van der Waals surface area contributed by atoms with Gasteiger partial charge in [-0.2, -0.15) is 0 Å². The molecule has 3 heteroatoms. The van der Waals surface area contributed by atoms with Crippen LogP contribution in [0.15, 0.2) is 0 Å². The van der Waals surface area contributed by atoms with Gasteiger partial charge in [-0.15, -0.1) is 0 Å². The van der Waals surface area contributed by atoms with Gasteiger partial charge in [-0.3, -0.25) is 10.1 Å². The molecular formula is C9H18N2O. The number of nitrogens with one attached hydrogen (secondary N) is 1. The van der Waals surface area contributed by atoms with E-state index in [2.05, 4.69) is 33.0 Å². The summed E-state index contributed by atoms with van der Waals surface area (Å²) >= 11 is 0. The average Bonchev–Trinajstić information content (AvgIpc) is 2.03. The van der Waals surface area contributed by atoms with Gasteiger partial charge in [0.25, 0.3) is 0 Å². The van der Waals surface area contributed by atoms with Crippen molar-refractivity contribution in [3.05, 3.63) is 0 Å². The summed E-state index contributed by atoms with van der Waals surface area (Å²) in [7, 11) is 0. The third-order valence-electron chi connectivity index (χ3n) is 3.26. The van der Waals surface area contributed by atoms with E-state index in [0.29, 0.717) is 6.67 Å². The Balaban J connectivity index is 2.93. The highest BCUT2D eigenvalue weighted by molar-refractivity contribution is 5.74. The molecule has 1 amide bonds. The van der Waals surface area contributed by atoms with Gasteiger partial charge in [0.15, 0.2) is 0 Å². The molecule has 0 bridgehead atoms. The van der Waals surface area contributed by atoms with Crippen molar-refractivity contribution in [2.24, 2.45) is 0 Å². The predicted molar refractivity (Wildman–Crippen MR) is 48.7 cm³/mol. The van der Waals surface area contributed by atoms with Crippen LogP contribution >= 0.6 is 0 Å². The quantitative estimate of drug-likeness (QED) is 0.587. The number of carbonyl (C=O) groups excluding carboxylic acids is 1. The molecule has 0 aromatic heterocycles. The van der Waals surface area contributed by atoms with Crippen molar-refractivity contribution in [1.29, 1.82) is 0 Å². The molecule has 1 aliphatic rings. The Morgan fingerprint density at radius 2 is 1.83 bits per heavy atom. The summed E-state index contributed by atoms with van der Waals surface area (Å²) in [5.41, 5.74) is -0.0997. The summed E-state index contributed by atoms with van der Waals surface area (Å²) < 4.78 is 0. The predicted octanol–water partition coefficient (Wildman–Crippen LogP) is 0.953. The Bertz CT molecular complexity index is 209. The molecular weight excluding hydrogens is 152 g/mol. The minimum Gasteiger partial charge on any atom is -0.323 e. The summed E-state index contributed by atoms with van der Waals surface area (Å²) in [6.07, 6.45) is 0. The van der Waals surface area contributed by atoms with Gasteiger partial charge in [-0.25, -0.2) is 0 Å². The molecule has 1 heterocycles. The van der Waals surface area contributed by atoms with Gasteiger partial charge in [0, 0.05) is 12.5 Å². The maximum atomic E-state index is 11.2. The highest BCUT2D eigenvalue weighted by Crippen LogP contribution is 2.32. The molecule has 0 aromatic rings. The maximum absolute atomic E-state index is 11.2. The zero-order valence-electron chi connectivity index (χ0n) is 8.56. The van der Waals surface area contributed by atoms with Crippen LogP contribution in [0.3, 0.4) is 0 Å². The van der Waals surface area contributed by atoms with E-state index in [1.807, 2.05) is 4.90 Å². The van der Waals surface area contributed by atoms with Crippen molar-refractivity contribution in [3.8, 4) is 0 Å². The third-order valence-corrected chi connectivity index (χ3v) is 3.26. The molecule has 0 spiro atoms. The molecule has 0 saturated carbocycles. The van der Waals surface area contributed by atoms with Crippen molar-refractivity contribution in [2.75, 3.05) is 6.67 Å². The first-order valence-corrected chi connectivity index (χ1v) is 4.32. The first-order chi connectivity index (χ1) is 5.29. The Hall–Kier alpha value is -0.570. The molecule has 0 aromatic carbocycles. The van der Waals surface area contributed by atoms with Crippen LogP contribution in [-0.2, 0) is 4.79 Å². The van der Waals surface area contributed by atoms with Crippen LogP contribution in [0.5, 0.6) is 0 Å². The van der Waals surface area contributed by atoms with E-state index < -0.39 is 0 Å². The van der Waals surface area contributed by atoms with Crippen LogP contribution in [0.1, 0.15) is 34.6 Å². The first-order valence-electron chi connectivity index (χ1n) is 4.32. The fraction of sp³-hybridized carbons (Fsp3) is 0.889. The Morgan fingerprint density at radius 3 is 2.00 bits per heavy atom. The van der Waals surface area contributed by atoms with E-state index in [-0.39, 0.29) is 17.0 Å². The minimum absolute atomic E-state index is 0.00132. The second-order valence-electron chi connectivity index (χ2n) is 4.47. The second kappa shape index (κ2) is 2.46. The summed E-state index contributed by atoms with van der Waals surface area (Å²) in [5, 5.41) is 3.32. The van der Waals surface area contributed by atoms with Crippen molar-refractivity contribution in [3.63, 3.8) is 0 Å². The van der Waals surface area contributed by atoms with E-state index in [1.165, 1.54) is 0 Å². The topological polar surface area (TPSA) is 32.3 Å². The fourth-order valence-electron chi connectivity index (χ4n) is 1.53. The number of amides is 1. The molecule has 1 saturated heterocycles. The van der Waals surface area contributed by atoms with Crippen molar-refractivity contribution in [2.45, 2.75) is 45.7 Å². The van der Waals surface area contributed by atoms with Crippen LogP contribution in [0.4, 0.5) is 0 Å². The van der Waals surface area contributed by atoms with Crippen molar-refractivity contribution < 1.29 is 4.79 Å². The van der Waals surface area contributed by atoms with Gasteiger partial charge >= 0.3 is 0 Å². The molecule has 70 valence electrons. The van der Waals surface area contributed by atoms with Crippen LogP contribution in [0, 0.1) is 0 Å². The van der Waals surface area contributed by atoms with E-state index in [4.69, 9.17) is 0 Å².